The zero-order chi connectivity index (χ0) is 25.7. The molecule has 0 saturated heterocycles. The molecule has 4 rings (SSSR count). The molecule has 188 valence electrons. The van der Waals surface area contributed by atoms with E-state index in [1.807, 2.05) is 31.3 Å². The molecule has 4 N–H and O–H groups in total. The summed E-state index contributed by atoms with van der Waals surface area (Å²) >= 11 is 0. The number of aromatic amines is 1. The number of anilines is 1. The Morgan fingerprint density at radius 2 is 1.81 bits per heavy atom. The second kappa shape index (κ2) is 10.9. The maximum atomic E-state index is 12.4. The van der Waals surface area contributed by atoms with Gasteiger partial charge in [-0.15, -0.1) is 0 Å². The smallest absolute Gasteiger partial charge is 0.306 e. The van der Waals surface area contributed by atoms with Gasteiger partial charge < -0.3 is 24.9 Å². The standard InChI is InChI=1S/C27H29N3O5S/c1-18(14-21-16-29-26-23(21)12-7-13-25(26)35-36(2,33)34)28-17-24(31)20-10-6-11-22(15-20)30-27(32)19-8-4-3-5-9-19/h3-13,15-16,18,24,28-29,31H,14,17H2,1-2H3,(H,30,32)/t18-,24+/m1/s1. The molecule has 0 spiro atoms. The fraction of sp³-hybridized carbons (Fsp3) is 0.222. The Morgan fingerprint density at radius 1 is 1.06 bits per heavy atom. The lowest BCUT2D eigenvalue weighted by atomic mass is 10.0. The molecule has 1 amide bonds. The normalized spacial score (nSPS) is 13.3. The third-order valence-corrected chi connectivity index (χ3v) is 6.24. The van der Waals surface area contributed by atoms with Gasteiger partial charge in [0.25, 0.3) is 5.91 Å². The van der Waals surface area contributed by atoms with Gasteiger partial charge in [0.1, 0.15) is 0 Å². The molecule has 0 unspecified atom stereocenters. The minimum atomic E-state index is -3.63. The maximum absolute atomic E-state index is 12.4. The second-order valence-electron chi connectivity index (χ2n) is 8.75. The largest absolute Gasteiger partial charge is 0.387 e. The number of fused-ring (bicyclic) bond motifs is 1. The van der Waals surface area contributed by atoms with E-state index in [1.165, 1.54) is 0 Å². The molecule has 2 atom stereocenters. The zero-order valence-corrected chi connectivity index (χ0v) is 20.9. The number of nitrogens with one attached hydrogen (secondary N) is 3. The Labute approximate surface area is 210 Å². The first-order chi connectivity index (χ1) is 17.2. The molecule has 0 bridgehead atoms. The number of hydrogen-bond donors (Lipinski definition) is 4. The van der Waals surface area contributed by atoms with E-state index in [4.69, 9.17) is 4.18 Å². The van der Waals surface area contributed by atoms with Crippen LogP contribution >= 0.6 is 0 Å². The van der Waals surface area contributed by atoms with Crippen LogP contribution in [-0.2, 0) is 16.5 Å². The van der Waals surface area contributed by atoms with Gasteiger partial charge in [0.15, 0.2) is 5.75 Å². The van der Waals surface area contributed by atoms with Crippen LogP contribution in [0.15, 0.2) is 79.0 Å². The van der Waals surface area contributed by atoms with Crippen molar-refractivity contribution in [3.63, 3.8) is 0 Å². The Morgan fingerprint density at radius 3 is 2.56 bits per heavy atom. The van der Waals surface area contributed by atoms with Crippen molar-refractivity contribution in [2.24, 2.45) is 0 Å². The van der Waals surface area contributed by atoms with Gasteiger partial charge in [0.2, 0.25) is 0 Å². The molecule has 1 aromatic heterocycles. The van der Waals surface area contributed by atoms with Crippen LogP contribution < -0.4 is 14.8 Å². The molecule has 0 aliphatic rings. The number of amides is 1. The fourth-order valence-corrected chi connectivity index (χ4v) is 4.50. The van der Waals surface area contributed by atoms with Gasteiger partial charge in [-0.1, -0.05) is 42.5 Å². The molecule has 0 saturated carbocycles. The van der Waals surface area contributed by atoms with E-state index >= 15 is 0 Å². The second-order valence-corrected chi connectivity index (χ2v) is 10.3. The molecular weight excluding hydrogens is 478 g/mol. The van der Waals surface area contributed by atoms with Gasteiger partial charge in [-0.3, -0.25) is 4.79 Å². The number of carbonyl (C=O) groups is 1. The van der Waals surface area contributed by atoms with Crippen LogP contribution in [0.4, 0.5) is 5.69 Å². The number of aliphatic hydroxyl groups excluding tert-OH is 1. The van der Waals surface area contributed by atoms with Gasteiger partial charge in [-0.05, 0) is 54.8 Å². The van der Waals surface area contributed by atoms with Crippen LogP contribution in [0.2, 0.25) is 0 Å². The summed E-state index contributed by atoms with van der Waals surface area (Å²) in [6, 6.07) is 21.4. The van der Waals surface area contributed by atoms with Crippen molar-refractivity contribution in [3.05, 3.63) is 95.7 Å². The molecular formula is C27H29N3O5S. The maximum Gasteiger partial charge on any atom is 0.306 e. The van der Waals surface area contributed by atoms with E-state index in [-0.39, 0.29) is 17.7 Å². The van der Waals surface area contributed by atoms with Gasteiger partial charge in [0, 0.05) is 35.4 Å². The minimum Gasteiger partial charge on any atom is -0.387 e. The molecule has 3 aromatic carbocycles. The van der Waals surface area contributed by atoms with E-state index in [0.29, 0.717) is 35.3 Å². The van der Waals surface area contributed by atoms with Gasteiger partial charge in [-0.25, -0.2) is 0 Å². The van der Waals surface area contributed by atoms with Crippen molar-refractivity contribution in [1.29, 1.82) is 0 Å². The summed E-state index contributed by atoms with van der Waals surface area (Å²) in [6.07, 6.45) is 2.74. The highest BCUT2D eigenvalue weighted by atomic mass is 32.2. The molecule has 0 fully saturated rings. The van der Waals surface area contributed by atoms with E-state index in [2.05, 4.69) is 15.6 Å². The van der Waals surface area contributed by atoms with Gasteiger partial charge in [0.05, 0.1) is 17.9 Å². The van der Waals surface area contributed by atoms with Crippen molar-refractivity contribution in [1.82, 2.24) is 10.3 Å². The molecule has 0 aliphatic heterocycles. The van der Waals surface area contributed by atoms with E-state index < -0.39 is 16.2 Å². The number of carbonyl (C=O) groups excluding carboxylic acids is 1. The van der Waals surface area contributed by atoms with Crippen molar-refractivity contribution < 1.29 is 22.5 Å². The Kier molecular flexibility index (Phi) is 7.73. The number of para-hydroxylation sites is 1. The predicted octanol–water partition coefficient (Wildman–Crippen LogP) is 4.01. The summed E-state index contributed by atoms with van der Waals surface area (Å²) in [6.45, 7) is 2.33. The topological polar surface area (TPSA) is 121 Å². The van der Waals surface area contributed by atoms with Crippen LogP contribution in [0.5, 0.6) is 5.75 Å². The van der Waals surface area contributed by atoms with Gasteiger partial charge >= 0.3 is 10.1 Å². The zero-order valence-electron chi connectivity index (χ0n) is 20.1. The number of benzene rings is 3. The highest BCUT2D eigenvalue weighted by molar-refractivity contribution is 7.86. The summed E-state index contributed by atoms with van der Waals surface area (Å²) in [5.41, 5.74) is 3.49. The molecule has 1 heterocycles. The Balaban J connectivity index is 1.36. The Hall–Kier alpha value is -3.66. The van der Waals surface area contributed by atoms with Crippen LogP contribution in [0.1, 0.15) is 34.5 Å². The summed E-state index contributed by atoms with van der Waals surface area (Å²) in [4.78, 5) is 15.5. The van der Waals surface area contributed by atoms with Crippen molar-refractivity contribution in [3.8, 4) is 5.75 Å². The third-order valence-electron chi connectivity index (χ3n) is 5.76. The fourth-order valence-electron chi connectivity index (χ4n) is 4.04. The SMILES string of the molecule is C[C@H](Cc1c[nH]c2c(OS(C)(=O)=O)cccc12)NC[C@H](O)c1cccc(NC(=O)c2ccccc2)c1. The minimum absolute atomic E-state index is 0.0269. The predicted molar refractivity (Wildman–Crippen MR) is 141 cm³/mol. The highest BCUT2D eigenvalue weighted by Crippen LogP contribution is 2.29. The number of rotatable bonds is 10. The summed E-state index contributed by atoms with van der Waals surface area (Å²) < 4.78 is 28.2. The average molecular weight is 508 g/mol. The first kappa shape index (κ1) is 25.4. The van der Waals surface area contributed by atoms with Crippen molar-refractivity contribution in [2.75, 3.05) is 18.1 Å². The lowest BCUT2D eigenvalue weighted by Crippen LogP contribution is -2.32. The van der Waals surface area contributed by atoms with E-state index in [1.54, 1.807) is 54.6 Å². The molecule has 8 nitrogen and oxygen atoms in total. The molecule has 0 aliphatic carbocycles. The highest BCUT2D eigenvalue weighted by Gasteiger charge is 2.16. The number of hydrogen-bond acceptors (Lipinski definition) is 6. The Bertz CT molecular complexity index is 1450. The van der Waals surface area contributed by atoms with Crippen LogP contribution in [0.3, 0.4) is 0 Å². The summed E-state index contributed by atoms with van der Waals surface area (Å²) in [5, 5.41) is 17.8. The molecule has 0 radical (unpaired) electrons. The average Bonchev–Trinajstić information content (AvgIpc) is 3.26. The first-order valence-corrected chi connectivity index (χ1v) is 13.4. The molecule has 4 aromatic rings. The monoisotopic (exact) mass is 507 g/mol. The summed E-state index contributed by atoms with van der Waals surface area (Å²) in [5.74, 6) is 0.0503. The third kappa shape index (κ3) is 6.51. The van der Waals surface area contributed by atoms with Crippen molar-refractivity contribution in [2.45, 2.75) is 25.5 Å². The first-order valence-electron chi connectivity index (χ1n) is 11.6. The molecule has 36 heavy (non-hydrogen) atoms. The van der Waals surface area contributed by atoms with Crippen molar-refractivity contribution >= 4 is 32.6 Å². The number of aromatic nitrogens is 1. The lowest BCUT2D eigenvalue weighted by Gasteiger charge is -2.18. The van der Waals surface area contributed by atoms with Gasteiger partial charge in [-0.2, -0.15) is 8.42 Å². The number of aliphatic hydroxyl groups is 1. The van der Waals surface area contributed by atoms with Crippen LogP contribution in [-0.4, -0.2) is 43.3 Å². The van der Waals surface area contributed by atoms with E-state index in [9.17, 15) is 18.3 Å². The molecule has 9 heteroatoms. The summed E-state index contributed by atoms with van der Waals surface area (Å²) in [7, 11) is -3.63. The quantitative estimate of drug-likeness (QED) is 0.241. The van der Waals surface area contributed by atoms with Crippen LogP contribution in [0.25, 0.3) is 10.9 Å². The van der Waals surface area contributed by atoms with E-state index in [0.717, 1.165) is 17.2 Å². The number of H-pyrrole nitrogens is 1. The lowest BCUT2D eigenvalue weighted by molar-refractivity contribution is 0.102. The van der Waals surface area contributed by atoms with Crippen LogP contribution in [0, 0.1) is 0 Å².